The largest absolute Gasteiger partial charge is 0.272 e. The second-order valence-electron chi connectivity index (χ2n) is 8.83. The van der Waals surface area contributed by atoms with Gasteiger partial charge in [-0.05, 0) is 42.2 Å². The molecule has 0 aliphatic heterocycles. The number of amides is 1. The average molecular weight is 490 g/mol. The number of hydrazone groups is 1. The zero-order valence-electron chi connectivity index (χ0n) is 19.6. The Morgan fingerprint density at radius 2 is 1.79 bits per heavy atom. The van der Waals surface area contributed by atoms with Gasteiger partial charge in [0.25, 0.3) is 5.91 Å². The maximum absolute atomic E-state index is 12.4. The molecular weight excluding hydrogens is 462 g/mol. The number of carbonyl (C=O) groups is 1. The molecule has 4 rings (SSSR count). The van der Waals surface area contributed by atoms with Gasteiger partial charge in [-0.1, -0.05) is 75.0 Å². The fraction of sp³-hybridized carbons (Fsp3) is 0.231. The van der Waals surface area contributed by atoms with Crippen LogP contribution in [-0.2, 0) is 10.2 Å². The molecule has 0 atom stereocenters. The van der Waals surface area contributed by atoms with Crippen molar-refractivity contribution < 1.29 is 4.79 Å². The van der Waals surface area contributed by atoms with Gasteiger partial charge in [0, 0.05) is 21.0 Å². The van der Waals surface area contributed by atoms with Gasteiger partial charge in [-0.3, -0.25) is 9.36 Å². The molecule has 8 heteroatoms. The molecule has 0 fully saturated rings. The predicted octanol–water partition coefficient (Wildman–Crippen LogP) is 5.84. The Hall–Kier alpha value is -3.23. The van der Waals surface area contributed by atoms with Crippen LogP contribution in [0.25, 0.3) is 17.1 Å². The van der Waals surface area contributed by atoms with Gasteiger partial charge < -0.3 is 0 Å². The van der Waals surface area contributed by atoms with Crippen molar-refractivity contribution in [3.05, 3.63) is 82.0 Å². The van der Waals surface area contributed by atoms with Gasteiger partial charge in [0.2, 0.25) is 0 Å². The number of para-hydroxylation sites is 1. The van der Waals surface area contributed by atoms with E-state index in [-0.39, 0.29) is 17.1 Å². The molecule has 2 aromatic heterocycles. The van der Waals surface area contributed by atoms with E-state index < -0.39 is 0 Å². The van der Waals surface area contributed by atoms with Crippen LogP contribution in [0.5, 0.6) is 0 Å². The minimum Gasteiger partial charge on any atom is -0.272 e. The molecule has 0 spiro atoms. The topological polar surface area (TPSA) is 72.2 Å². The number of benzene rings is 2. The van der Waals surface area contributed by atoms with Crippen molar-refractivity contribution in [2.24, 2.45) is 5.10 Å². The van der Waals surface area contributed by atoms with E-state index in [1.807, 2.05) is 54.0 Å². The molecule has 6 nitrogen and oxygen atoms in total. The number of aromatic nitrogens is 3. The first-order valence-corrected chi connectivity index (χ1v) is 12.7. The van der Waals surface area contributed by atoms with Crippen LogP contribution in [0.15, 0.2) is 77.0 Å². The number of hydrogen-bond donors (Lipinski definition) is 1. The molecule has 34 heavy (non-hydrogen) atoms. The first kappa shape index (κ1) is 23.9. The van der Waals surface area contributed by atoms with Gasteiger partial charge in [-0.25, -0.2) is 5.43 Å². The summed E-state index contributed by atoms with van der Waals surface area (Å²) >= 11 is 2.95. The molecule has 1 amide bonds. The lowest BCUT2D eigenvalue weighted by atomic mass is 9.87. The molecular formula is C26H27N5OS2. The van der Waals surface area contributed by atoms with Crippen molar-refractivity contribution in [1.82, 2.24) is 20.2 Å². The van der Waals surface area contributed by atoms with Crippen LogP contribution in [0.4, 0.5) is 0 Å². The minimum absolute atomic E-state index is 0.0742. The maximum atomic E-state index is 12.4. The van der Waals surface area contributed by atoms with Crippen molar-refractivity contribution in [2.45, 2.75) is 38.3 Å². The number of thiophene rings is 1. The summed E-state index contributed by atoms with van der Waals surface area (Å²) in [7, 11) is 0. The Morgan fingerprint density at radius 1 is 1.06 bits per heavy atom. The van der Waals surface area contributed by atoms with Crippen LogP contribution in [0.2, 0.25) is 0 Å². The minimum atomic E-state index is -0.201. The van der Waals surface area contributed by atoms with E-state index in [0.29, 0.717) is 5.16 Å². The third-order valence-electron chi connectivity index (χ3n) is 5.13. The second kappa shape index (κ2) is 10.4. The molecule has 0 aliphatic carbocycles. The van der Waals surface area contributed by atoms with Gasteiger partial charge >= 0.3 is 0 Å². The zero-order chi connectivity index (χ0) is 24.1. The second-order valence-corrected chi connectivity index (χ2v) is 11.1. The first-order valence-electron chi connectivity index (χ1n) is 10.9. The van der Waals surface area contributed by atoms with Crippen molar-refractivity contribution in [3.63, 3.8) is 0 Å². The number of carbonyl (C=O) groups excluding carboxylic acids is 1. The summed E-state index contributed by atoms with van der Waals surface area (Å²) in [6, 6.07) is 22.4. The van der Waals surface area contributed by atoms with Gasteiger partial charge in [0.15, 0.2) is 11.0 Å². The Labute approximate surface area is 208 Å². The summed E-state index contributed by atoms with van der Waals surface area (Å²) in [6.07, 6.45) is 1.66. The summed E-state index contributed by atoms with van der Waals surface area (Å²) < 4.78 is 1.99. The van der Waals surface area contributed by atoms with E-state index in [1.54, 1.807) is 17.6 Å². The SMILES string of the molecule is Cc1ccc(/C=N/NC(=O)CSc2nnc(-c3ccc(C(C)(C)C)cc3)n2-c2ccccc2)s1. The van der Waals surface area contributed by atoms with E-state index in [9.17, 15) is 4.79 Å². The number of hydrogen-bond acceptors (Lipinski definition) is 6. The van der Waals surface area contributed by atoms with Gasteiger partial charge in [0.1, 0.15) is 0 Å². The molecule has 174 valence electrons. The third-order valence-corrected chi connectivity index (χ3v) is 7.00. The summed E-state index contributed by atoms with van der Waals surface area (Å²) in [4.78, 5) is 14.6. The predicted molar refractivity (Wildman–Crippen MR) is 141 cm³/mol. The summed E-state index contributed by atoms with van der Waals surface area (Å²) in [6.45, 7) is 8.62. The fourth-order valence-corrected chi connectivity index (χ4v) is 4.83. The van der Waals surface area contributed by atoms with E-state index in [2.05, 4.69) is 65.8 Å². The molecule has 2 heterocycles. The van der Waals surface area contributed by atoms with E-state index >= 15 is 0 Å². The van der Waals surface area contributed by atoms with Crippen molar-refractivity contribution in [2.75, 3.05) is 5.75 Å². The van der Waals surface area contributed by atoms with Crippen molar-refractivity contribution >= 4 is 35.2 Å². The first-order chi connectivity index (χ1) is 16.3. The standard InChI is InChI=1S/C26H27N5OS2/c1-18-10-15-22(34-18)16-27-28-23(32)17-33-25-30-29-24(31(25)21-8-6-5-7-9-21)19-11-13-20(14-12-19)26(2,3)4/h5-16H,17H2,1-4H3,(H,28,32)/b27-16+. The number of nitrogens with zero attached hydrogens (tertiary/aromatic N) is 4. The van der Waals surface area contributed by atoms with Crippen LogP contribution in [0, 0.1) is 6.92 Å². The summed E-state index contributed by atoms with van der Waals surface area (Å²) in [5.41, 5.74) is 5.83. The van der Waals surface area contributed by atoms with Crippen LogP contribution in [0.1, 0.15) is 36.1 Å². The molecule has 0 unspecified atom stereocenters. The Bertz CT molecular complexity index is 1280. The number of rotatable bonds is 7. The summed E-state index contributed by atoms with van der Waals surface area (Å²) in [5, 5.41) is 13.6. The average Bonchev–Trinajstić information content (AvgIpc) is 3.44. The molecule has 0 saturated heterocycles. The fourth-order valence-electron chi connectivity index (χ4n) is 3.33. The molecule has 1 N–H and O–H groups in total. The van der Waals surface area contributed by atoms with Crippen molar-refractivity contribution in [1.29, 1.82) is 0 Å². The van der Waals surface area contributed by atoms with Gasteiger partial charge in [-0.15, -0.1) is 21.5 Å². The monoisotopic (exact) mass is 489 g/mol. The molecule has 0 radical (unpaired) electrons. The number of thioether (sulfide) groups is 1. The molecule has 2 aromatic carbocycles. The van der Waals surface area contributed by atoms with E-state index in [0.717, 1.165) is 22.0 Å². The maximum Gasteiger partial charge on any atom is 0.250 e. The smallest absolute Gasteiger partial charge is 0.250 e. The summed E-state index contributed by atoms with van der Waals surface area (Å²) in [5.74, 6) is 0.711. The molecule has 4 aromatic rings. The highest BCUT2D eigenvalue weighted by molar-refractivity contribution is 7.99. The highest BCUT2D eigenvalue weighted by Gasteiger charge is 2.19. The molecule has 0 bridgehead atoms. The van der Waals surface area contributed by atoms with Crippen LogP contribution >= 0.6 is 23.1 Å². The van der Waals surface area contributed by atoms with Crippen LogP contribution in [0.3, 0.4) is 0 Å². The molecule has 0 aliphatic rings. The Kier molecular flexibility index (Phi) is 7.29. The Morgan fingerprint density at radius 3 is 2.44 bits per heavy atom. The van der Waals surface area contributed by atoms with Crippen LogP contribution < -0.4 is 5.43 Å². The van der Waals surface area contributed by atoms with E-state index in [1.165, 1.54) is 22.2 Å². The quantitative estimate of drug-likeness (QED) is 0.201. The van der Waals surface area contributed by atoms with Crippen LogP contribution in [-0.4, -0.2) is 32.6 Å². The lowest BCUT2D eigenvalue weighted by Crippen LogP contribution is -2.19. The number of nitrogens with one attached hydrogen (secondary N) is 1. The zero-order valence-corrected chi connectivity index (χ0v) is 21.3. The lowest BCUT2D eigenvalue weighted by molar-refractivity contribution is -0.118. The molecule has 0 saturated carbocycles. The van der Waals surface area contributed by atoms with Gasteiger partial charge in [0.05, 0.1) is 12.0 Å². The normalized spacial score (nSPS) is 11.8. The van der Waals surface area contributed by atoms with E-state index in [4.69, 9.17) is 0 Å². The van der Waals surface area contributed by atoms with Gasteiger partial charge in [-0.2, -0.15) is 5.10 Å². The third kappa shape index (κ3) is 5.81. The highest BCUT2D eigenvalue weighted by atomic mass is 32.2. The lowest BCUT2D eigenvalue weighted by Gasteiger charge is -2.19. The van der Waals surface area contributed by atoms with Crippen molar-refractivity contribution in [3.8, 4) is 17.1 Å². The number of aryl methyl sites for hydroxylation is 1. The highest BCUT2D eigenvalue weighted by Crippen LogP contribution is 2.30. The Balaban J connectivity index is 1.53.